The maximum atomic E-state index is 12.4. The second-order valence-corrected chi connectivity index (χ2v) is 6.41. The number of nitro groups is 2. The summed E-state index contributed by atoms with van der Waals surface area (Å²) in [5.41, 5.74) is 4.19. The van der Waals surface area contributed by atoms with Crippen LogP contribution in [0.5, 0.6) is 0 Å². The number of carbonyl (C=O) groups excluding carboxylic acids is 2. The lowest BCUT2D eigenvalue weighted by Crippen LogP contribution is -2.30. The molecule has 1 heterocycles. The monoisotopic (exact) mass is 452 g/mol. The molecule has 2 aromatic carbocycles. The van der Waals surface area contributed by atoms with E-state index in [1.54, 1.807) is 24.3 Å². The lowest BCUT2D eigenvalue weighted by Gasteiger charge is -2.11. The van der Waals surface area contributed by atoms with Crippen LogP contribution < -0.4 is 21.5 Å². The van der Waals surface area contributed by atoms with Crippen LogP contribution in [0.25, 0.3) is 0 Å². The molecule has 14 nitrogen and oxygen atoms in total. The Hall–Kier alpha value is -5.14. The predicted molar refractivity (Wildman–Crippen MR) is 117 cm³/mol. The molecule has 33 heavy (non-hydrogen) atoms. The van der Waals surface area contributed by atoms with Crippen LogP contribution in [-0.2, 0) is 4.79 Å². The Labute approximate surface area is 185 Å². The van der Waals surface area contributed by atoms with Crippen LogP contribution in [0.4, 0.5) is 34.4 Å². The second-order valence-electron chi connectivity index (χ2n) is 6.41. The Morgan fingerprint density at radius 1 is 0.879 bits per heavy atom. The fourth-order valence-corrected chi connectivity index (χ4v) is 2.72. The molecule has 2 amide bonds. The lowest BCUT2D eigenvalue weighted by atomic mass is 10.2. The van der Waals surface area contributed by atoms with Crippen molar-refractivity contribution in [3.8, 4) is 0 Å². The van der Waals surface area contributed by atoms with Gasteiger partial charge >= 0.3 is 5.69 Å². The molecule has 14 heteroatoms. The van der Waals surface area contributed by atoms with Gasteiger partial charge in [-0.1, -0.05) is 12.1 Å². The summed E-state index contributed by atoms with van der Waals surface area (Å²) in [6.45, 7) is 1.36. The topological polar surface area (TPSA) is 194 Å². The van der Waals surface area contributed by atoms with Crippen molar-refractivity contribution in [2.75, 3.05) is 16.1 Å². The molecule has 4 N–H and O–H groups in total. The summed E-state index contributed by atoms with van der Waals surface area (Å²) >= 11 is 0. The van der Waals surface area contributed by atoms with Gasteiger partial charge in [-0.15, -0.1) is 0 Å². The number of aromatic nitrogens is 2. The van der Waals surface area contributed by atoms with Gasteiger partial charge in [0.05, 0.1) is 9.85 Å². The van der Waals surface area contributed by atoms with Gasteiger partial charge in [-0.3, -0.25) is 40.7 Å². The van der Waals surface area contributed by atoms with E-state index in [1.165, 1.54) is 25.1 Å². The van der Waals surface area contributed by atoms with Crippen molar-refractivity contribution in [1.29, 1.82) is 0 Å². The summed E-state index contributed by atoms with van der Waals surface area (Å²) < 4.78 is 0. The van der Waals surface area contributed by atoms with E-state index in [9.17, 15) is 29.8 Å². The molecule has 3 aromatic rings. The van der Waals surface area contributed by atoms with E-state index in [1.807, 2.05) is 0 Å². The molecule has 0 aliphatic carbocycles. The zero-order valence-corrected chi connectivity index (χ0v) is 16.9. The van der Waals surface area contributed by atoms with Gasteiger partial charge in [-0.05, 0) is 30.3 Å². The first-order valence-electron chi connectivity index (χ1n) is 9.20. The van der Waals surface area contributed by atoms with Crippen molar-refractivity contribution in [2.24, 2.45) is 0 Å². The minimum absolute atomic E-state index is 0.176. The molecule has 3 rings (SSSR count). The fourth-order valence-electron chi connectivity index (χ4n) is 2.72. The van der Waals surface area contributed by atoms with Gasteiger partial charge in [0, 0.05) is 24.4 Å². The number of nitro benzene ring substituents is 1. The summed E-state index contributed by atoms with van der Waals surface area (Å²) in [7, 11) is 0. The number of benzene rings is 2. The van der Waals surface area contributed by atoms with Gasteiger partial charge in [0.2, 0.25) is 17.5 Å². The predicted octanol–water partition coefficient (Wildman–Crippen LogP) is 2.75. The number of nitrogens with one attached hydrogen (secondary N) is 4. The number of rotatable bonds is 8. The Kier molecular flexibility index (Phi) is 6.68. The highest BCUT2D eigenvalue weighted by atomic mass is 16.6. The molecule has 0 atom stereocenters. The van der Waals surface area contributed by atoms with E-state index < -0.39 is 27.1 Å². The molecular weight excluding hydrogens is 436 g/mol. The lowest BCUT2D eigenvalue weighted by molar-refractivity contribution is -0.385. The molecule has 0 radical (unpaired) electrons. The molecule has 0 fully saturated rings. The SMILES string of the molecule is CC(=O)Nc1ccc(Nc2ncnc(NNC(=O)c3ccccc3[N+](=O)[O-])c2[N+](=O)[O-])cc1. The van der Waals surface area contributed by atoms with Crippen molar-refractivity contribution >= 4 is 46.2 Å². The van der Waals surface area contributed by atoms with Crippen LogP contribution in [0, 0.1) is 20.2 Å². The van der Waals surface area contributed by atoms with Gasteiger partial charge in [0.1, 0.15) is 11.9 Å². The minimum atomic E-state index is -0.890. The second kappa shape index (κ2) is 9.78. The summed E-state index contributed by atoms with van der Waals surface area (Å²) in [4.78, 5) is 52.4. The summed E-state index contributed by atoms with van der Waals surface area (Å²) in [5.74, 6) is -1.66. The molecule has 0 unspecified atom stereocenters. The van der Waals surface area contributed by atoms with Crippen LogP contribution in [-0.4, -0.2) is 31.6 Å². The number of carbonyl (C=O) groups is 2. The quantitative estimate of drug-likeness (QED) is 0.291. The molecule has 0 aliphatic heterocycles. The van der Waals surface area contributed by atoms with Crippen LogP contribution in [0.1, 0.15) is 17.3 Å². The van der Waals surface area contributed by atoms with E-state index in [4.69, 9.17) is 0 Å². The van der Waals surface area contributed by atoms with Crippen molar-refractivity contribution in [3.05, 3.63) is 80.7 Å². The largest absolute Gasteiger partial charge is 0.355 e. The smallest absolute Gasteiger partial charge is 0.334 e. The van der Waals surface area contributed by atoms with Crippen molar-refractivity contribution in [2.45, 2.75) is 6.92 Å². The van der Waals surface area contributed by atoms with Crippen molar-refractivity contribution < 1.29 is 19.4 Å². The third-order valence-corrected chi connectivity index (χ3v) is 4.11. The Balaban J connectivity index is 1.81. The van der Waals surface area contributed by atoms with Crippen LogP contribution >= 0.6 is 0 Å². The zero-order valence-electron chi connectivity index (χ0n) is 16.9. The number of hydrogen-bond acceptors (Lipinski definition) is 10. The molecule has 0 spiro atoms. The average Bonchev–Trinajstić information content (AvgIpc) is 2.78. The van der Waals surface area contributed by atoms with Crippen LogP contribution in [0.2, 0.25) is 0 Å². The van der Waals surface area contributed by atoms with Crippen molar-refractivity contribution in [1.82, 2.24) is 15.4 Å². The number of para-hydroxylation sites is 1. The van der Waals surface area contributed by atoms with E-state index >= 15 is 0 Å². The van der Waals surface area contributed by atoms with Crippen molar-refractivity contribution in [3.63, 3.8) is 0 Å². The number of anilines is 4. The van der Waals surface area contributed by atoms with Gasteiger partial charge in [0.25, 0.3) is 11.6 Å². The summed E-state index contributed by atoms with van der Waals surface area (Å²) in [5, 5.41) is 28.1. The first kappa shape index (κ1) is 22.5. The first-order valence-corrected chi connectivity index (χ1v) is 9.20. The highest BCUT2D eigenvalue weighted by Crippen LogP contribution is 2.31. The maximum Gasteiger partial charge on any atom is 0.355 e. The molecule has 0 saturated carbocycles. The fraction of sp³-hybridized carbons (Fsp3) is 0.0526. The number of nitrogens with zero attached hydrogens (tertiary/aromatic N) is 4. The Morgan fingerprint density at radius 2 is 1.52 bits per heavy atom. The normalized spacial score (nSPS) is 10.1. The average molecular weight is 452 g/mol. The molecule has 0 aliphatic rings. The standard InChI is InChI=1S/C19H16N8O6/c1-11(28)22-12-6-8-13(9-7-12)23-17-16(27(32)33)18(21-10-20-17)24-25-19(29)14-4-2-3-5-15(14)26(30)31/h2-10H,1H3,(H,22,28)(H,25,29)(H2,20,21,23,24). The molecule has 0 bridgehead atoms. The molecule has 0 saturated heterocycles. The van der Waals surface area contributed by atoms with Gasteiger partial charge in [-0.25, -0.2) is 9.97 Å². The molecule has 1 aromatic heterocycles. The first-order chi connectivity index (χ1) is 15.8. The number of hydrogen-bond donors (Lipinski definition) is 4. The highest BCUT2D eigenvalue weighted by molar-refractivity contribution is 5.98. The van der Waals surface area contributed by atoms with E-state index in [0.717, 1.165) is 12.4 Å². The maximum absolute atomic E-state index is 12.4. The Morgan fingerprint density at radius 3 is 2.15 bits per heavy atom. The van der Waals surface area contributed by atoms with Gasteiger partial charge in [0.15, 0.2) is 0 Å². The summed E-state index contributed by atoms with van der Waals surface area (Å²) in [6, 6.07) is 11.5. The van der Waals surface area contributed by atoms with E-state index in [-0.39, 0.29) is 23.1 Å². The van der Waals surface area contributed by atoms with Crippen LogP contribution in [0.3, 0.4) is 0 Å². The highest BCUT2D eigenvalue weighted by Gasteiger charge is 2.25. The van der Waals surface area contributed by atoms with Gasteiger partial charge in [-0.2, -0.15) is 0 Å². The Bertz CT molecular complexity index is 1230. The minimum Gasteiger partial charge on any atom is -0.334 e. The molecular formula is C19H16N8O6. The van der Waals surface area contributed by atoms with Crippen LogP contribution in [0.15, 0.2) is 54.9 Å². The zero-order chi connectivity index (χ0) is 24.0. The number of amides is 2. The number of hydrazine groups is 1. The summed E-state index contributed by atoms with van der Waals surface area (Å²) in [6.07, 6.45) is 1.03. The van der Waals surface area contributed by atoms with Gasteiger partial charge < -0.3 is 10.6 Å². The third-order valence-electron chi connectivity index (χ3n) is 4.11. The van der Waals surface area contributed by atoms with E-state index in [2.05, 4.69) is 31.5 Å². The molecule has 168 valence electrons. The van der Waals surface area contributed by atoms with E-state index in [0.29, 0.717) is 11.4 Å². The third kappa shape index (κ3) is 5.52.